The van der Waals surface area contributed by atoms with Gasteiger partial charge in [0.15, 0.2) is 11.5 Å². The molecule has 0 aliphatic carbocycles. The number of nitrogens with zero attached hydrogens (tertiary/aromatic N) is 2. The molecule has 1 unspecified atom stereocenters. The van der Waals surface area contributed by atoms with E-state index in [-0.39, 0.29) is 23.7 Å². The van der Waals surface area contributed by atoms with E-state index in [0.717, 1.165) is 4.90 Å². The Hall–Kier alpha value is -3.36. The highest BCUT2D eigenvalue weighted by Gasteiger charge is 2.49. The van der Waals surface area contributed by atoms with E-state index < -0.39 is 30.5 Å². The fraction of sp³-hybridized carbons (Fsp3) is 0.238. The van der Waals surface area contributed by atoms with Crippen LogP contribution >= 0.6 is 0 Å². The van der Waals surface area contributed by atoms with Gasteiger partial charge in [-0.3, -0.25) is 14.1 Å². The molecule has 30 heavy (non-hydrogen) atoms. The van der Waals surface area contributed by atoms with E-state index in [1.807, 2.05) is 0 Å². The summed E-state index contributed by atoms with van der Waals surface area (Å²) in [6, 6.07) is 9.43. The van der Waals surface area contributed by atoms with Crippen molar-refractivity contribution in [2.24, 2.45) is 10.7 Å². The molecule has 0 fully saturated rings. The van der Waals surface area contributed by atoms with Crippen LogP contribution in [0.1, 0.15) is 23.1 Å². The number of benzene rings is 2. The average molecular weight is 421 g/mol. The summed E-state index contributed by atoms with van der Waals surface area (Å²) >= 11 is 0. The lowest BCUT2D eigenvalue weighted by atomic mass is 9.82. The fourth-order valence-corrected chi connectivity index (χ4v) is 3.23. The van der Waals surface area contributed by atoms with Crippen molar-refractivity contribution >= 4 is 17.9 Å². The first-order valence-electron chi connectivity index (χ1n) is 9.01. The standard InChI is InChI=1S/C21H19F4N3O2/c1-28-18(29)21(27-20(28)26,14-5-8-16(9-6-14)30-19(24)25)15-7-10-17(23)13(12-15)4-2-3-11-22/h2,4-10,12,19H,3,11H2,1H3,(H2,26,27). The van der Waals surface area contributed by atoms with Crippen LogP contribution in [0.3, 0.4) is 0 Å². The van der Waals surface area contributed by atoms with Gasteiger partial charge in [0.2, 0.25) is 0 Å². The monoisotopic (exact) mass is 421 g/mol. The Morgan fingerprint density at radius 1 is 1.20 bits per heavy atom. The first-order chi connectivity index (χ1) is 14.3. The molecule has 1 atom stereocenters. The first-order valence-corrected chi connectivity index (χ1v) is 9.01. The van der Waals surface area contributed by atoms with Crippen LogP contribution in [0.15, 0.2) is 53.5 Å². The molecule has 0 radical (unpaired) electrons. The predicted octanol–water partition coefficient (Wildman–Crippen LogP) is 3.83. The van der Waals surface area contributed by atoms with Crippen molar-refractivity contribution in [3.63, 3.8) is 0 Å². The van der Waals surface area contributed by atoms with Crippen molar-refractivity contribution < 1.29 is 27.1 Å². The molecule has 2 aromatic carbocycles. The normalized spacial score (nSPS) is 19.1. The Morgan fingerprint density at radius 3 is 2.43 bits per heavy atom. The summed E-state index contributed by atoms with van der Waals surface area (Å²) < 4.78 is 55.9. The van der Waals surface area contributed by atoms with Gasteiger partial charge in [0.25, 0.3) is 5.91 Å². The lowest BCUT2D eigenvalue weighted by Crippen LogP contribution is -2.41. The summed E-state index contributed by atoms with van der Waals surface area (Å²) in [4.78, 5) is 18.7. The molecule has 0 bridgehead atoms. The number of rotatable bonds is 7. The summed E-state index contributed by atoms with van der Waals surface area (Å²) in [6.45, 7) is -3.58. The molecule has 0 saturated heterocycles. The zero-order valence-corrected chi connectivity index (χ0v) is 16.0. The summed E-state index contributed by atoms with van der Waals surface area (Å²) in [6.07, 6.45) is 3.01. The van der Waals surface area contributed by atoms with Crippen molar-refractivity contribution in [1.29, 1.82) is 0 Å². The minimum atomic E-state index is -2.99. The third-order valence-corrected chi connectivity index (χ3v) is 4.72. The second-order valence-corrected chi connectivity index (χ2v) is 6.56. The van der Waals surface area contributed by atoms with Crippen molar-refractivity contribution in [1.82, 2.24) is 4.90 Å². The van der Waals surface area contributed by atoms with Crippen LogP contribution in [0.4, 0.5) is 17.6 Å². The second kappa shape index (κ2) is 8.56. The van der Waals surface area contributed by atoms with Gasteiger partial charge in [-0.2, -0.15) is 8.78 Å². The number of ether oxygens (including phenoxy) is 1. The molecule has 3 rings (SSSR count). The maximum absolute atomic E-state index is 14.2. The van der Waals surface area contributed by atoms with Crippen LogP contribution < -0.4 is 10.5 Å². The Labute approximate surface area is 170 Å². The molecule has 0 aromatic heterocycles. The zero-order valence-electron chi connectivity index (χ0n) is 16.0. The fourth-order valence-electron chi connectivity index (χ4n) is 3.23. The number of hydrogen-bond donors (Lipinski definition) is 1. The maximum atomic E-state index is 14.2. The Bertz CT molecular complexity index is 992. The van der Waals surface area contributed by atoms with Gasteiger partial charge in [-0.05, 0) is 41.8 Å². The van der Waals surface area contributed by atoms with Crippen LogP contribution in [0.25, 0.3) is 6.08 Å². The van der Waals surface area contributed by atoms with Gasteiger partial charge in [-0.15, -0.1) is 0 Å². The van der Waals surface area contributed by atoms with Crippen LogP contribution in [0, 0.1) is 5.82 Å². The second-order valence-electron chi connectivity index (χ2n) is 6.56. The highest BCUT2D eigenvalue weighted by Crippen LogP contribution is 2.40. The van der Waals surface area contributed by atoms with E-state index in [1.54, 1.807) is 0 Å². The van der Waals surface area contributed by atoms with Gasteiger partial charge in [0.1, 0.15) is 11.6 Å². The van der Waals surface area contributed by atoms with Gasteiger partial charge in [-0.1, -0.05) is 30.4 Å². The highest BCUT2D eigenvalue weighted by molar-refractivity contribution is 6.09. The molecule has 158 valence electrons. The Morgan fingerprint density at radius 2 is 1.87 bits per heavy atom. The summed E-state index contributed by atoms with van der Waals surface area (Å²) in [5, 5.41) is 0. The lowest BCUT2D eigenvalue weighted by molar-refractivity contribution is -0.129. The number of nitrogens with two attached hydrogens (primary N) is 1. The predicted molar refractivity (Wildman–Crippen MR) is 104 cm³/mol. The van der Waals surface area contributed by atoms with Gasteiger partial charge in [-0.25, -0.2) is 9.38 Å². The number of likely N-dealkylation sites (N-methyl/N-ethyl adjacent to an activating group) is 1. The molecule has 0 saturated carbocycles. The van der Waals surface area contributed by atoms with E-state index in [9.17, 15) is 22.4 Å². The molecule has 2 aromatic rings. The topological polar surface area (TPSA) is 67.9 Å². The smallest absolute Gasteiger partial charge is 0.387 e. The Kier molecular flexibility index (Phi) is 6.09. The average Bonchev–Trinajstić information content (AvgIpc) is 2.94. The molecule has 9 heteroatoms. The number of allylic oxidation sites excluding steroid dienone is 1. The van der Waals surface area contributed by atoms with Crippen molar-refractivity contribution in [2.75, 3.05) is 13.7 Å². The molecule has 0 spiro atoms. The van der Waals surface area contributed by atoms with Crippen LogP contribution in [-0.2, 0) is 10.3 Å². The summed E-state index contributed by atoms with van der Waals surface area (Å²) in [5.74, 6) is -1.19. The van der Waals surface area contributed by atoms with Crippen LogP contribution in [0.2, 0.25) is 0 Å². The number of guanidine groups is 1. The highest BCUT2D eigenvalue weighted by atomic mass is 19.3. The number of amides is 1. The number of aliphatic imine (C=N–C) groups is 1. The van der Waals surface area contributed by atoms with Crippen molar-refractivity contribution in [3.8, 4) is 5.75 Å². The first kappa shape index (κ1) is 21.4. The van der Waals surface area contributed by atoms with Crippen LogP contribution in [-0.4, -0.2) is 37.1 Å². The van der Waals surface area contributed by atoms with Gasteiger partial charge < -0.3 is 10.5 Å². The molecular formula is C21H19F4N3O2. The summed E-state index contributed by atoms with van der Waals surface area (Å²) in [5.41, 5.74) is 5.07. The maximum Gasteiger partial charge on any atom is 0.387 e. The molecule has 1 heterocycles. The number of alkyl halides is 3. The van der Waals surface area contributed by atoms with Crippen molar-refractivity contribution in [2.45, 2.75) is 18.6 Å². The van der Waals surface area contributed by atoms with E-state index in [4.69, 9.17) is 5.73 Å². The Balaban J connectivity index is 2.14. The van der Waals surface area contributed by atoms with E-state index in [0.29, 0.717) is 11.1 Å². The van der Waals surface area contributed by atoms with Gasteiger partial charge in [0.05, 0.1) is 6.67 Å². The molecular weight excluding hydrogens is 402 g/mol. The van der Waals surface area contributed by atoms with E-state index in [1.165, 1.54) is 61.7 Å². The lowest BCUT2D eigenvalue weighted by Gasteiger charge is -2.26. The molecule has 5 nitrogen and oxygen atoms in total. The number of hydrogen-bond acceptors (Lipinski definition) is 4. The largest absolute Gasteiger partial charge is 0.435 e. The van der Waals surface area contributed by atoms with Crippen molar-refractivity contribution in [3.05, 3.63) is 71.0 Å². The molecule has 2 N–H and O–H groups in total. The van der Waals surface area contributed by atoms with Crippen LogP contribution in [0.5, 0.6) is 5.75 Å². The molecule has 1 amide bonds. The third kappa shape index (κ3) is 3.87. The number of halogens is 4. The molecule has 1 aliphatic heterocycles. The SMILES string of the molecule is CN1C(=O)C(c2ccc(OC(F)F)cc2)(c2ccc(F)c(C=CCCF)c2)N=C1N. The van der Waals surface area contributed by atoms with E-state index in [2.05, 4.69) is 9.73 Å². The summed E-state index contributed by atoms with van der Waals surface area (Å²) in [7, 11) is 1.45. The molecule has 1 aliphatic rings. The quantitative estimate of drug-likeness (QED) is 0.691. The zero-order chi connectivity index (χ0) is 21.9. The van der Waals surface area contributed by atoms with E-state index >= 15 is 0 Å². The van der Waals surface area contributed by atoms with Gasteiger partial charge in [0, 0.05) is 12.6 Å². The third-order valence-electron chi connectivity index (χ3n) is 4.72. The minimum absolute atomic E-state index is 0.0493. The number of carbonyl (C=O) groups excluding carboxylic acids is 1. The van der Waals surface area contributed by atoms with Gasteiger partial charge >= 0.3 is 6.61 Å². The minimum Gasteiger partial charge on any atom is -0.435 e. The number of carbonyl (C=O) groups is 1.